The molecule has 2 heterocycles. The van der Waals surface area contributed by atoms with E-state index in [1.54, 1.807) is 0 Å². The normalized spacial score (nSPS) is 27.8. The van der Waals surface area contributed by atoms with Gasteiger partial charge in [-0.05, 0) is 41.7 Å². The predicted octanol–water partition coefficient (Wildman–Crippen LogP) is 7.78. The third kappa shape index (κ3) is 10.8. The Labute approximate surface area is 330 Å². The van der Waals surface area contributed by atoms with Gasteiger partial charge < -0.3 is 43.0 Å². The fraction of sp³-hybridized carbons (Fsp3) is 0.362. The van der Waals surface area contributed by atoms with Crippen molar-refractivity contribution in [2.45, 2.75) is 108 Å². The molecule has 10 atom stereocenters. The van der Waals surface area contributed by atoms with Crippen molar-refractivity contribution >= 4 is 0 Å². The van der Waals surface area contributed by atoms with Gasteiger partial charge in [0.2, 0.25) is 0 Å². The maximum Gasteiger partial charge on any atom is 0.187 e. The minimum Gasteiger partial charge on any atom is -0.368 e. The van der Waals surface area contributed by atoms with Gasteiger partial charge in [-0.3, -0.25) is 0 Å². The number of benzene rings is 5. The number of hydrogen-bond acceptors (Lipinski definition) is 9. The monoisotopic (exact) mass is 760 g/mol. The topological polar surface area (TPSA) is 94.1 Å². The van der Waals surface area contributed by atoms with Crippen molar-refractivity contribution in [3.63, 3.8) is 0 Å². The zero-order valence-corrected chi connectivity index (χ0v) is 32.0. The first-order valence-electron chi connectivity index (χ1n) is 19.4. The van der Waals surface area contributed by atoms with Gasteiger partial charge in [-0.15, -0.1) is 0 Å². The van der Waals surface area contributed by atoms with E-state index in [0.717, 1.165) is 27.8 Å². The molecule has 1 N–H and O–H groups in total. The summed E-state index contributed by atoms with van der Waals surface area (Å²) in [7, 11) is 0. The smallest absolute Gasteiger partial charge is 0.187 e. The van der Waals surface area contributed by atoms with Gasteiger partial charge in [0.25, 0.3) is 0 Å². The summed E-state index contributed by atoms with van der Waals surface area (Å²) >= 11 is 0. The van der Waals surface area contributed by atoms with Gasteiger partial charge >= 0.3 is 0 Å². The Bertz CT molecular complexity index is 1830. The zero-order valence-electron chi connectivity index (χ0n) is 32.0. The molecule has 2 aliphatic rings. The van der Waals surface area contributed by atoms with E-state index in [4.69, 9.17) is 37.9 Å². The molecule has 0 aromatic heterocycles. The first-order valence-corrected chi connectivity index (χ1v) is 19.4. The summed E-state index contributed by atoms with van der Waals surface area (Å²) in [5.74, 6) is 0. The van der Waals surface area contributed by atoms with Crippen LogP contribution in [0.25, 0.3) is 0 Å². The summed E-state index contributed by atoms with van der Waals surface area (Å²) in [5.41, 5.74) is 4.97. The summed E-state index contributed by atoms with van der Waals surface area (Å²) in [6.07, 6.45) is -7.47. The van der Waals surface area contributed by atoms with Crippen LogP contribution < -0.4 is 0 Å². The van der Waals surface area contributed by atoms with Crippen LogP contribution in [0.15, 0.2) is 152 Å². The molecule has 2 saturated heterocycles. The molecule has 0 spiro atoms. The van der Waals surface area contributed by atoms with E-state index in [1.165, 1.54) is 0 Å². The molecule has 5 aromatic carbocycles. The van der Waals surface area contributed by atoms with Gasteiger partial charge in [0.15, 0.2) is 12.6 Å². The first-order chi connectivity index (χ1) is 27.5. The highest BCUT2D eigenvalue weighted by Gasteiger charge is 2.52. The number of aliphatic hydroxyl groups is 1. The molecule has 294 valence electrons. The maximum absolute atomic E-state index is 11.3. The van der Waals surface area contributed by atoms with Crippen LogP contribution in [-0.4, -0.2) is 66.5 Å². The maximum atomic E-state index is 11.3. The van der Waals surface area contributed by atoms with Gasteiger partial charge in [-0.2, -0.15) is 0 Å². The van der Waals surface area contributed by atoms with Crippen molar-refractivity contribution in [3.8, 4) is 0 Å². The third-order valence-electron chi connectivity index (χ3n) is 10.2. The molecule has 2 aliphatic heterocycles. The molecule has 7 rings (SSSR count). The molecule has 0 aliphatic carbocycles. The lowest BCUT2D eigenvalue weighted by Crippen LogP contribution is -2.64. The van der Waals surface area contributed by atoms with Crippen molar-refractivity contribution < 1.29 is 43.0 Å². The van der Waals surface area contributed by atoms with E-state index < -0.39 is 61.4 Å². The summed E-state index contributed by atoms with van der Waals surface area (Å²) in [4.78, 5) is 0. The van der Waals surface area contributed by atoms with Gasteiger partial charge in [0, 0.05) is 0 Å². The number of hydrogen-bond donors (Lipinski definition) is 1. The quantitative estimate of drug-likeness (QED) is 0.102. The average Bonchev–Trinajstić information content (AvgIpc) is 3.24. The predicted molar refractivity (Wildman–Crippen MR) is 211 cm³/mol. The fourth-order valence-electron chi connectivity index (χ4n) is 7.21. The largest absolute Gasteiger partial charge is 0.368 e. The van der Waals surface area contributed by atoms with Gasteiger partial charge in [-0.25, -0.2) is 0 Å². The molecular weight excluding hydrogens is 709 g/mol. The Hall–Kier alpha value is -4.26. The van der Waals surface area contributed by atoms with Crippen LogP contribution in [0.4, 0.5) is 0 Å². The summed E-state index contributed by atoms with van der Waals surface area (Å²) in [6, 6.07) is 49.8. The Balaban J connectivity index is 1.19. The Morgan fingerprint density at radius 3 is 1.07 bits per heavy atom. The van der Waals surface area contributed by atoms with Crippen LogP contribution in [0.3, 0.4) is 0 Å². The van der Waals surface area contributed by atoms with E-state index in [9.17, 15) is 5.11 Å². The molecule has 2 fully saturated rings. The SMILES string of the molecule is C[C@H]1O[C@H](O)[C@H](OCc2ccccc2)[C@@H](OCc2ccccc2)[C@H]1O[C@@H]1O[C@H](C)[C@H](OCc2ccccc2)[C@H](OCc2ccccc2)[C@H]1OCc1ccccc1. The molecule has 0 radical (unpaired) electrons. The Morgan fingerprint density at radius 2 is 0.679 bits per heavy atom. The number of ether oxygens (including phenoxy) is 8. The third-order valence-corrected chi connectivity index (χ3v) is 10.2. The first kappa shape index (κ1) is 40.0. The number of aliphatic hydroxyl groups excluding tert-OH is 1. The molecular formula is C47H52O9. The van der Waals surface area contributed by atoms with Crippen molar-refractivity contribution in [1.29, 1.82) is 0 Å². The van der Waals surface area contributed by atoms with Crippen LogP contribution >= 0.6 is 0 Å². The van der Waals surface area contributed by atoms with E-state index in [1.807, 2.05) is 166 Å². The van der Waals surface area contributed by atoms with Crippen LogP contribution in [-0.2, 0) is 70.9 Å². The molecule has 9 heteroatoms. The molecule has 56 heavy (non-hydrogen) atoms. The van der Waals surface area contributed by atoms with Crippen LogP contribution in [0.1, 0.15) is 41.7 Å². The van der Waals surface area contributed by atoms with Crippen LogP contribution in [0.5, 0.6) is 0 Å². The second-order valence-electron chi connectivity index (χ2n) is 14.3. The summed E-state index contributed by atoms with van der Waals surface area (Å²) < 4.78 is 53.2. The molecule has 0 bridgehead atoms. The minimum absolute atomic E-state index is 0.244. The van der Waals surface area contributed by atoms with E-state index in [2.05, 4.69) is 0 Å². The van der Waals surface area contributed by atoms with Crippen molar-refractivity contribution in [1.82, 2.24) is 0 Å². The molecule has 0 unspecified atom stereocenters. The van der Waals surface area contributed by atoms with E-state index in [-0.39, 0.29) is 19.8 Å². The van der Waals surface area contributed by atoms with Gasteiger partial charge in [0.05, 0.1) is 45.2 Å². The second kappa shape index (κ2) is 20.2. The fourth-order valence-corrected chi connectivity index (χ4v) is 7.21. The Kier molecular flexibility index (Phi) is 14.4. The lowest BCUT2D eigenvalue weighted by atomic mass is 9.96. The molecule has 5 aromatic rings. The molecule has 9 nitrogen and oxygen atoms in total. The Morgan fingerprint density at radius 1 is 0.375 bits per heavy atom. The highest BCUT2D eigenvalue weighted by atomic mass is 16.7. The zero-order chi connectivity index (χ0) is 38.5. The molecule has 0 amide bonds. The summed E-state index contributed by atoms with van der Waals surface area (Å²) in [5, 5.41) is 11.3. The standard InChI is InChI=1S/C47H52O9/c1-33-40(49-28-35-18-8-3-9-19-35)42(50-29-36-20-10-4-11-21-36)45(53-32-39-26-16-7-17-27-39)47(55-33)56-41-34(2)54-46(48)44(52-31-38-24-14-6-15-25-38)43(41)51-30-37-22-12-5-13-23-37/h3-27,33-34,40-48H,28-32H2,1-2H3/t33-,34-,40+,41+,42+,43+,44-,45-,46+,47+/m1/s1. The molecule has 0 saturated carbocycles. The second-order valence-corrected chi connectivity index (χ2v) is 14.3. The van der Waals surface area contributed by atoms with Gasteiger partial charge in [0.1, 0.15) is 36.6 Å². The summed E-state index contributed by atoms with van der Waals surface area (Å²) in [6.45, 7) is 5.32. The van der Waals surface area contributed by atoms with E-state index >= 15 is 0 Å². The van der Waals surface area contributed by atoms with Crippen LogP contribution in [0.2, 0.25) is 0 Å². The van der Waals surface area contributed by atoms with E-state index in [0.29, 0.717) is 13.2 Å². The highest BCUT2D eigenvalue weighted by Crippen LogP contribution is 2.35. The van der Waals surface area contributed by atoms with Crippen LogP contribution in [0, 0.1) is 0 Å². The van der Waals surface area contributed by atoms with Crippen molar-refractivity contribution in [2.24, 2.45) is 0 Å². The van der Waals surface area contributed by atoms with Crippen molar-refractivity contribution in [2.75, 3.05) is 0 Å². The van der Waals surface area contributed by atoms with Gasteiger partial charge in [-0.1, -0.05) is 152 Å². The number of rotatable bonds is 17. The average molecular weight is 761 g/mol. The highest BCUT2D eigenvalue weighted by molar-refractivity contribution is 5.17. The van der Waals surface area contributed by atoms with Crippen molar-refractivity contribution in [3.05, 3.63) is 179 Å². The minimum atomic E-state index is -1.26. The lowest BCUT2D eigenvalue weighted by molar-refractivity contribution is -0.366. The lowest BCUT2D eigenvalue weighted by Gasteiger charge is -2.49.